The Morgan fingerprint density at radius 2 is 1.79 bits per heavy atom. The van der Waals surface area contributed by atoms with E-state index < -0.39 is 15.1 Å². The van der Waals surface area contributed by atoms with E-state index in [2.05, 4.69) is 0 Å². The molecule has 1 aromatic carbocycles. The van der Waals surface area contributed by atoms with Gasteiger partial charge in [-0.25, -0.2) is 8.42 Å². The molecule has 0 saturated carbocycles. The van der Waals surface area contributed by atoms with Gasteiger partial charge in [-0.05, 0) is 26.0 Å². The number of hydrogen-bond acceptors (Lipinski definition) is 2. The summed E-state index contributed by atoms with van der Waals surface area (Å²) in [6, 6.07) is 8.51. The van der Waals surface area contributed by atoms with E-state index in [4.69, 9.17) is 0 Å². The topological polar surface area (TPSA) is 34.1 Å². The molecule has 0 heterocycles. The third kappa shape index (κ3) is 2.23. The highest BCUT2D eigenvalue weighted by Gasteiger charge is 2.19. The van der Waals surface area contributed by atoms with E-state index in [9.17, 15) is 8.42 Å². The maximum atomic E-state index is 11.9. The van der Waals surface area contributed by atoms with Gasteiger partial charge in [-0.2, -0.15) is 0 Å². The van der Waals surface area contributed by atoms with Crippen LogP contribution in [-0.4, -0.2) is 13.7 Å². The van der Waals surface area contributed by atoms with Crippen LogP contribution in [-0.2, 0) is 9.84 Å². The summed E-state index contributed by atoms with van der Waals surface area (Å²) in [7, 11) is -3.19. The standard InChI is InChI=1S/C11H14O2S/c1-3-7-10(2)14(12,13)11-8-5-4-6-9-11/h3-10H,1-2H3/b7-3+/t10-/m1/s1. The summed E-state index contributed by atoms with van der Waals surface area (Å²) in [6.07, 6.45) is 3.44. The largest absolute Gasteiger partial charge is 0.223 e. The molecule has 0 unspecified atom stereocenters. The molecule has 0 N–H and O–H groups in total. The summed E-state index contributed by atoms with van der Waals surface area (Å²) in [5, 5.41) is -0.463. The zero-order chi connectivity index (χ0) is 10.6. The van der Waals surface area contributed by atoms with Crippen molar-refractivity contribution in [1.29, 1.82) is 0 Å². The van der Waals surface area contributed by atoms with E-state index in [1.54, 1.807) is 49.4 Å². The summed E-state index contributed by atoms with van der Waals surface area (Å²) >= 11 is 0. The molecule has 0 spiro atoms. The number of allylic oxidation sites excluding steroid dienone is 1. The fraction of sp³-hybridized carbons (Fsp3) is 0.273. The molecule has 2 nitrogen and oxygen atoms in total. The van der Waals surface area contributed by atoms with Gasteiger partial charge in [0, 0.05) is 0 Å². The van der Waals surface area contributed by atoms with Crippen molar-refractivity contribution in [1.82, 2.24) is 0 Å². The fourth-order valence-corrected chi connectivity index (χ4v) is 2.53. The van der Waals surface area contributed by atoms with E-state index in [0.29, 0.717) is 4.90 Å². The first-order valence-corrected chi connectivity index (χ1v) is 6.05. The SMILES string of the molecule is C/C=C/[C@@H](C)S(=O)(=O)c1ccccc1. The lowest BCUT2D eigenvalue weighted by Crippen LogP contribution is -2.15. The Kier molecular flexibility index (Phi) is 3.47. The van der Waals surface area contributed by atoms with E-state index in [1.165, 1.54) is 0 Å². The molecule has 76 valence electrons. The van der Waals surface area contributed by atoms with Crippen LogP contribution in [0.25, 0.3) is 0 Å². The summed E-state index contributed by atoms with van der Waals surface area (Å²) < 4.78 is 23.7. The molecule has 0 aromatic heterocycles. The Morgan fingerprint density at radius 1 is 1.21 bits per heavy atom. The van der Waals surface area contributed by atoms with Crippen LogP contribution in [0.15, 0.2) is 47.4 Å². The van der Waals surface area contributed by atoms with Gasteiger partial charge in [0.15, 0.2) is 9.84 Å². The predicted molar refractivity (Wildman–Crippen MR) is 57.9 cm³/mol. The molecule has 0 bridgehead atoms. The zero-order valence-electron chi connectivity index (χ0n) is 8.34. The Labute approximate surface area is 85.2 Å². The third-order valence-corrected chi connectivity index (χ3v) is 4.09. The molecule has 0 saturated heterocycles. The second-order valence-electron chi connectivity index (χ2n) is 3.09. The van der Waals surface area contributed by atoms with E-state index in [0.717, 1.165) is 0 Å². The van der Waals surface area contributed by atoms with E-state index in [1.807, 2.05) is 6.92 Å². The minimum atomic E-state index is -3.19. The van der Waals surface area contributed by atoms with Gasteiger partial charge in [0.05, 0.1) is 10.1 Å². The minimum absolute atomic E-state index is 0.380. The van der Waals surface area contributed by atoms with Crippen LogP contribution in [0, 0.1) is 0 Å². The first kappa shape index (κ1) is 11.0. The molecule has 1 rings (SSSR count). The molecule has 0 radical (unpaired) electrons. The molecule has 0 aliphatic rings. The maximum absolute atomic E-state index is 11.9. The lowest BCUT2D eigenvalue weighted by molar-refractivity contribution is 0.591. The van der Waals surface area contributed by atoms with Crippen molar-refractivity contribution in [3.63, 3.8) is 0 Å². The van der Waals surface area contributed by atoms with Gasteiger partial charge >= 0.3 is 0 Å². The molecule has 0 fully saturated rings. The predicted octanol–water partition coefficient (Wildman–Crippen LogP) is 2.42. The highest BCUT2D eigenvalue weighted by Crippen LogP contribution is 2.15. The molecular weight excluding hydrogens is 196 g/mol. The number of hydrogen-bond donors (Lipinski definition) is 0. The van der Waals surface area contributed by atoms with Crippen LogP contribution >= 0.6 is 0 Å². The quantitative estimate of drug-likeness (QED) is 0.718. The number of rotatable bonds is 3. The summed E-state index contributed by atoms with van der Waals surface area (Å²) in [4.78, 5) is 0.380. The van der Waals surface area contributed by atoms with Gasteiger partial charge in [0.1, 0.15) is 0 Å². The van der Waals surface area contributed by atoms with Crippen molar-refractivity contribution in [2.45, 2.75) is 24.0 Å². The summed E-state index contributed by atoms with van der Waals surface area (Å²) in [6.45, 7) is 3.50. The molecule has 0 aliphatic carbocycles. The van der Waals surface area contributed by atoms with Crippen LogP contribution in [0.4, 0.5) is 0 Å². The third-order valence-electron chi connectivity index (χ3n) is 2.02. The Balaban J connectivity index is 3.09. The van der Waals surface area contributed by atoms with Crippen molar-refractivity contribution in [2.75, 3.05) is 0 Å². The van der Waals surface area contributed by atoms with Crippen molar-refractivity contribution in [3.05, 3.63) is 42.5 Å². The molecule has 1 atom stereocenters. The Hall–Kier alpha value is -1.09. The Morgan fingerprint density at radius 3 is 2.29 bits per heavy atom. The van der Waals surface area contributed by atoms with Crippen molar-refractivity contribution in [3.8, 4) is 0 Å². The first-order chi connectivity index (χ1) is 6.59. The van der Waals surface area contributed by atoms with Gasteiger partial charge in [-0.3, -0.25) is 0 Å². The second-order valence-corrected chi connectivity index (χ2v) is 5.39. The highest BCUT2D eigenvalue weighted by atomic mass is 32.2. The maximum Gasteiger partial charge on any atom is 0.184 e. The fourth-order valence-electron chi connectivity index (χ4n) is 1.20. The molecule has 14 heavy (non-hydrogen) atoms. The van der Waals surface area contributed by atoms with Crippen LogP contribution in [0.2, 0.25) is 0 Å². The molecule has 3 heteroatoms. The first-order valence-electron chi connectivity index (χ1n) is 4.51. The summed E-state index contributed by atoms with van der Waals surface area (Å²) in [5.74, 6) is 0. The number of sulfone groups is 1. The summed E-state index contributed by atoms with van der Waals surface area (Å²) in [5.41, 5.74) is 0. The van der Waals surface area contributed by atoms with Crippen LogP contribution in [0.3, 0.4) is 0 Å². The van der Waals surface area contributed by atoms with Gasteiger partial charge < -0.3 is 0 Å². The molecule has 0 aliphatic heterocycles. The normalized spacial score (nSPS) is 14.4. The Bertz CT molecular complexity index is 404. The van der Waals surface area contributed by atoms with Gasteiger partial charge in [-0.15, -0.1) is 0 Å². The lowest BCUT2D eigenvalue weighted by Gasteiger charge is -2.07. The number of benzene rings is 1. The molecule has 0 amide bonds. The average molecular weight is 210 g/mol. The second kappa shape index (κ2) is 4.42. The van der Waals surface area contributed by atoms with Gasteiger partial charge in [0.2, 0.25) is 0 Å². The smallest absolute Gasteiger partial charge is 0.184 e. The van der Waals surface area contributed by atoms with Crippen LogP contribution in [0.1, 0.15) is 13.8 Å². The van der Waals surface area contributed by atoms with Crippen LogP contribution < -0.4 is 0 Å². The molecular formula is C11H14O2S. The van der Waals surface area contributed by atoms with Crippen molar-refractivity contribution in [2.24, 2.45) is 0 Å². The molecule has 1 aromatic rings. The zero-order valence-corrected chi connectivity index (χ0v) is 9.16. The van der Waals surface area contributed by atoms with E-state index in [-0.39, 0.29) is 0 Å². The van der Waals surface area contributed by atoms with Crippen molar-refractivity contribution >= 4 is 9.84 Å². The van der Waals surface area contributed by atoms with Crippen LogP contribution in [0.5, 0.6) is 0 Å². The van der Waals surface area contributed by atoms with E-state index >= 15 is 0 Å². The average Bonchev–Trinajstić information content (AvgIpc) is 2.19. The van der Waals surface area contributed by atoms with Gasteiger partial charge in [-0.1, -0.05) is 30.4 Å². The van der Waals surface area contributed by atoms with Crippen molar-refractivity contribution < 1.29 is 8.42 Å². The minimum Gasteiger partial charge on any atom is -0.223 e. The highest BCUT2D eigenvalue weighted by molar-refractivity contribution is 7.92. The van der Waals surface area contributed by atoms with Gasteiger partial charge in [0.25, 0.3) is 0 Å². The monoisotopic (exact) mass is 210 g/mol. The lowest BCUT2D eigenvalue weighted by atomic mass is 10.4.